The second kappa shape index (κ2) is 2.89. The second-order valence-corrected chi connectivity index (χ2v) is 2.04. The number of hydrogen-bond acceptors (Lipinski definition) is 2. The number of phenols is 1. The minimum absolute atomic E-state index is 0.0305. The number of terminal acetylenes is 1. The fourth-order valence-electron chi connectivity index (χ4n) is 0.744. The first-order valence-corrected chi connectivity index (χ1v) is 3.02. The highest BCUT2D eigenvalue weighted by atomic mass is 16.3. The first-order chi connectivity index (χ1) is 5.27. The van der Waals surface area contributed by atoms with E-state index in [1.54, 1.807) is 6.07 Å². The Morgan fingerprint density at radius 2 is 2.27 bits per heavy atom. The van der Waals surface area contributed by atoms with Gasteiger partial charge in [-0.05, 0) is 12.1 Å². The highest BCUT2D eigenvalue weighted by Crippen LogP contribution is 2.16. The minimum Gasteiger partial charge on any atom is -0.507 e. The molecule has 1 rings (SSSR count). The minimum atomic E-state index is -0.0305. The van der Waals surface area contributed by atoms with Gasteiger partial charge in [0.2, 0.25) is 0 Å². The lowest BCUT2D eigenvalue weighted by Gasteiger charge is -1.95. The maximum atomic E-state index is 10.2. The number of rotatable bonds is 1. The third-order valence-electron chi connectivity index (χ3n) is 1.31. The Kier molecular flexibility index (Phi) is 1.93. The smallest absolute Gasteiger partial charge is 0.150 e. The standard InChI is InChI=1S/C9H6O2/c1-2-8-4-3-7(6-10)5-9(8)11/h1,3-6,11H. The summed E-state index contributed by atoms with van der Waals surface area (Å²) in [5.41, 5.74) is 0.817. The summed E-state index contributed by atoms with van der Waals surface area (Å²) in [7, 11) is 0. The number of aromatic hydroxyl groups is 1. The van der Waals surface area contributed by atoms with Crippen LogP contribution in [0.4, 0.5) is 0 Å². The molecule has 1 N–H and O–H groups in total. The quantitative estimate of drug-likeness (QED) is 0.477. The van der Waals surface area contributed by atoms with Gasteiger partial charge < -0.3 is 5.11 Å². The molecule has 0 bridgehead atoms. The highest BCUT2D eigenvalue weighted by molar-refractivity contribution is 5.76. The van der Waals surface area contributed by atoms with Crippen LogP contribution in [0.3, 0.4) is 0 Å². The van der Waals surface area contributed by atoms with E-state index < -0.39 is 0 Å². The van der Waals surface area contributed by atoms with Crippen molar-refractivity contribution in [1.29, 1.82) is 0 Å². The number of carbonyl (C=O) groups is 1. The molecular weight excluding hydrogens is 140 g/mol. The summed E-state index contributed by atoms with van der Waals surface area (Å²) in [6.07, 6.45) is 5.70. The van der Waals surface area contributed by atoms with Crippen molar-refractivity contribution in [2.45, 2.75) is 0 Å². The van der Waals surface area contributed by atoms with Gasteiger partial charge in [-0.25, -0.2) is 0 Å². The molecule has 0 radical (unpaired) electrons. The Labute approximate surface area is 64.5 Å². The lowest BCUT2D eigenvalue weighted by atomic mass is 10.1. The Hall–Kier alpha value is -1.75. The van der Waals surface area contributed by atoms with Crippen LogP contribution in [0.15, 0.2) is 18.2 Å². The summed E-state index contributed by atoms with van der Waals surface area (Å²) in [6, 6.07) is 4.42. The predicted octanol–water partition coefficient (Wildman–Crippen LogP) is 1.19. The van der Waals surface area contributed by atoms with E-state index in [4.69, 9.17) is 11.5 Å². The highest BCUT2D eigenvalue weighted by Gasteiger charge is 1.97. The van der Waals surface area contributed by atoms with E-state index in [0.717, 1.165) is 0 Å². The van der Waals surface area contributed by atoms with Gasteiger partial charge in [0.1, 0.15) is 12.0 Å². The van der Waals surface area contributed by atoms with Crippen molar-refractivity contribution in [3.8, 4) is 18.1 Å². The average molecular weight is 146 g/mol. The zero-order valence-electron chi connectivity index (χ0n) is 5.74. The number of phenolic OH excluding ortho intramolecular Hbond substituents is 1. The van der Waals surface area contributed by atoms with Gasteiger partial charge in [0.05, 0.1) is 5.56 Å². The molecule has 0 aliphatic rings. The second-order valence-electron chi connectivity index (χ2n) is 2.04. The van der Waals surface area contributed by atoms with Crippen molar-refractivity contribution in [3.63, 3.8) is 0 Å². The van der Waals surface area contributed by atoms with E-state index in [-0.39, 0.29) is 5.75 Å². The fourth-order valence-corrected chi connectivity index (χ4v) is 0.744. The molecule has 2 nitrogen and oxygen atoms in total. The third-order valence-corrected chi connectivity index (χ3v) is 1.31. The number of carbonyl (C=O) groups excluding carboxylic acids is 1. The topological polar surface area (TPSA) is 37.3 Å². The Bertz CT molecular complexity index is 321. The maximum absolute atomic E-state index is 10.2. The Morgan fingerprint density at radius 1 is 1.55 bits per heavy atom. The van der Waals surface area contributed by atoms with Crippen molar-refractivity contribution < 1.29 is 9.90 Å². The molecule has 2 heteroatoms. The van der Waals surface area contributed by atoms with E-state index in [0.29, 0.717) is 17.4 Å². The molecule has 54 valence electrons. The molecule has 11 heavy (non-hydrogen) atoms. The largest absolute Gasteiger partial charge is 0.507 e. The van der Waals surface area contributed by atoms with Gasteiger partial charge in [0.15, 0.2) is 0 Å². The van der Waals surface area contributed by atoms with Crippen LogP contribution in [0.2, 0.25) is 0 Å². The van der Waals surface area contributed by atoms with Crippen molar-refractivity contribution in [1.82, 2.24) is 0 Å². The molecule has 0 saturated heterocycles. The monoisotopic (exact) mass is 146 g/mol. The maximum Gasteiger partial charge on any atom is 0.150 e. The van der Waals surface area contributed by atoms with Crippen LogP contribution in [-0.2, 0) is 0 Å². The molecule has 0 atom stereocenters. The molecule has 0 unspecified atom stereocenters. The summed E-state index contributed by atoms with van der Waals surface area (Å²) in [5, 5.41) is 9.12. The fraction of sp³-hybridized carbons (Fsp3) is 0. The molecule has 1 aromatic rings. The van der Waals surface area contributed by atoms with Crippen LogP contribution >= 0.6 is 0 Å². The van der Waals surface area contributed by atoms with Gasteiger partial charge in [-0.2, -0.15) is 0 Å². The zero-order chi connectivity index (χ0) is 8.27. The van der Waals surface area contributed by atoms with E-state index >= 15 is 0 Å². The van der Waals surface area contributed by atoms with Crippen LogP contribution in [-0.4, -0.2) is 11.4 Å². The molecule has 0 amide bonds. The van der Waals surface area contributed by atoms with Crippen LogP contribution in [0.25, 0.3) is 0 Å². The van der Waals surface area contributed by atoms with E-state index in [9.17, 15) is 4.79 Å². The van der Waals surface area contributed by atoms with E-state index in [2.05, 4.69) is 5.92 Å². The molecular formula is C9H6O2. The molecule has 0 spiro atoms. The van der Waals surface area contributed by atoms with Crippen molar-refractivity contribution in [2.75, 3.05) is 0 Å². The van der Waals surface area contributed by atoms with Crippen LogP contribution in [0, 0.1) is 12.3 Å². The van der Waals surface area contributed by atoms with Crippen LogP contribution in [0.5, 0.6) is 5.75 Å². The van der Waals surface area contributed by atoms with Crippen molar-refractivity contribution in [3.05, 3.63) is 29.3 Å². The summed E-state index contributed by atoms with van der Waals surface area (Å²) in [4.78, 5) is 10.2. The SMILES string of the molecule is C#Cc1ccc(C=O)cc1O. The van der Waals surface area contributed by atoms with Crippen molar-refractivity contribution in [2.24, 2.45) is 0 Å². The Morgan fingerprint density at radius 3 is 2.73 bits per heavy atom. The van der Waals surface area contributed by atoms with Crippen LogP contribution < -0.4 is 0 Å². The summed E-state index contributed by atoms with van der Waals surface area (Å²) < 4.78 is 0. The number of benzene rings is 1. The van der Waals surface area contributed by atoms with E-state index in [1.165, 1.54) is 12.1 Å². The zero-order valence-corrected chi connectivity index (χ0v) is 5.74. The number of hydrogen-bond donors (Lipinski definition) is 1. The molecule has 0 heterocycles. The molecule has 1 aromatic carbocycles. The van der Waals surface area contributed by atoms with Gasteiger partial charge >= 0.3 is 0 Å². The molecule has 0 aliphatic carbocycles. The molecule has 0 saturated carbocycles. The molecule has 0 fully saturated rings. The van der Waals surface area contributed by atoms with Gasteiger partial charge in [-0.1, -0.05) is 12.0 Å². The van der Waals surface area contributed by atoms with Gasteiger partial charge in [-0.3, -0.25) is 4.79 Å². The van der Waals surface area contributed by atoms with E-state index in [1.807, 2.05) is 0 Å². The third kappa shape index (κ3) is 1.39. The molecule has 0 aliphatic heterocycles. The lowest BCUT2D eigenvalue weighted by molar-refractivity contribution is 0.112. The van der Waals surface area contributed by atoms with Gasteiger partial charge in [0.25, 0.3) is 0 Å². The van der Waals surface area contributed by atoms with Gasteiger partial charge in [0, 0.05) is 5.56 Å². The number of aldehydes is 1. The average Bonchev–Trinajstić information content (AvgIpc) is 2.04. The first-order valence-electron chi connectivity index (χ1n) is 3.02. The first kappa shape index (κ1) is 7.36. The predicted molar refractivity (Wildman–Crippen MR) is 41.4 cm³/mol. The van der Waals surface area contributed by atoms with Gasteiger partial charge in [-0.15, -0.1) is 6.42 Å². The lowest BCUT2D eigenvalue weighted by Crippen LogP contribution is -1.81. The Balaban J connectivity index is 3.22. The normalized spacial score (nSPS) is 8.64. The summed E-state index contributed by atoms with van der Waals surface area (Å²) in [5.74, 6) is 2.25. The summed E-state index contributed by atoms with van der Waals surface area (Å²) in [6.45, 7) is 0. The van der Waals surface area contributed by atoms with Crippen LogP contribution in [0.1, 0.15) is 15.9 Å². The van der Waals surface area contributed by atoms with Crippen molar-refractivity contribution >= 4 is 6.29 Å². The summed E-state index contributed by atoms with van der Waals surface area (Å²) >= 11 is 0. The molecule has 0 aromatic heterocycles.